The van der Waals surface area contributed by atoms with Crippen LogP contribution in [0.4, 0.5) is 0 Å². The summed E-state index contributed by atoms with van der Waals surface area (Å²) in [7, 11) is 0. The predicted octanol–water partition coefficient (Wildman–Crippen LogP) is 3.05. The third kappa shape index (κ3) is 2.43. The molecule has 0 saturated carbocycles. The average molecular weight is 320 g/mol. The lowest BCUT2D eigenvalue weighted by Crippen LogP contribution is -2.36. The fourth-order valence-corrected chi connectivity index (χ4v) is 2.62. The number of H-pyrrole nitrogens is 1. The molecule has 0 unspecified atom stereocenters. The molecule has 0 atom stereocenters. The van der Waals surface area contributed by atoms with Crippen LogP contribution in [0.1, 0.15) is 12.5 Å². The molecular weight excluding hydrogens is 311 g/mol. The van der Waals surface area contributed by atoms with Crippen molar-refractivity contribution in [3.8, 4) is 5.69 Å². The maximum atomic E-state index is 12.3. The van der Waals surface area contributed by atoms with E-state index in [1.54, 1.807) is 25.1 Å². The molecule has 0 fully saturated rings. The van der Waals surface area contributed by atoms with Crippen molar-refractivity contribution in [2.45, 2.75) is 13.3 Å². The molecule has 0 spiro atoms. The van der Waals surface area contributed by atoms with Gasteiger partial charge in [0.15, 0.2) is 0 Å². The molecule has 1 heterocycles. The molecule has 1 N–H and O–H groups in total. The third-order valence-corrected chi connectivity index (χ3v) is 3.59. The van der Waals surface area contributed by atoms with E-state index in [-0.39, 0.29) is 20.9 Å². The SMILES string of the molecule is CCc1c(Cl)[nH]c(=O)n(-c2c(Cl)cccc2Cl)c1=O. The van der Waals surface area contributed by atoms with Gasteiger partial charge in [-0.25, -0.2) is 9.36 Å². The molecule has 1 aromatic heterocycles. The van der Waals surface area contributed by atoms with Gasteiger partial charge >= 0.3 is 5.69 Å². The van der Waals surface area contributed by atoms with E-state index in [4.69, 9.17) is 34.8 Å². The molecule has 100 valence electrons. The number of hydrogen-bond acceptors (Lipinski definition) is 2. The van der Waals surface area contributed by atoms with Gasteiger partial charge < -0.3 is 0 Å². The van der Waals surface area contributed by atoms with Crippen LogP contribution in [0.5, 0.6) is 0 Å². The zero-order chi connectivity index (χ0) is 14.2. The van der Waals surface area contributed by atoms with Crippen LogP contribution < -0.4 is 11.2 Å². The van der Waals surface area contributed by atoms with Gasteiger partial charge in [-0.15, -0.1) is 0 Å². The van der Waals surface area contributed by atoms with Gasteiger partial charge in [0.1, 0.15) is 5.15 Å². The Morgan fingerprint density at radius 2 is 1.74 bits per heavy atom. The van der Waals surface area contributed by atoms with Crippen LogP contribution in [0.2, 0.25) is 15.2 Å². The van der Waals surface area contributed by atoms with Crippen LogP contribution in [0.15, 0.2) is 27.8 Å². The molecule has 4 nitrogen and oxygen atoms in total. The molecule has 2 aromatic rings. The Bertz CT molecular complexity index is 729. The van der Waals surface area contributed by atoms with Crippen molar-refractivity contribution in [1.82, 2.24) is 9.55 Å². The highest BCUT2D eigenvalue weighted by Gasteiger charge is 2.16. The lowest BCUT2D eigenvalue weighted by molar-refractivity contribution is 0.842. The number of aromatic amines is 1. The van der Waals surface area contributed by atoms with E-state index in [1.165, 1.54) is 0 Å². The zero-order valence-corrected chi connectivity index (χ0v) is 12.1. The molecule has 0 saturated heterocycles. The van der Waals surface area contributed by atoms with E-state index in [2.05, 4.69) is 4.98 Å². The van der Waals surface area contributed by atoms with Gasteiger partial charge in [0.05, 0.1) is 21.3 Å². The number of hydrogen-bond donors (Lipinski definition) is 1. The minimum absolute atomic E-state index is 0.0388. The average Bonchev–Trinajstić information content (AvgIpc) is 2.33. The van der Waals surface area contributed by atoms with Gasteiger partial charge in [-0.2, -0.15) is 0 Å². The second-order valence-corrected chi connectivity index (χ2v) is 4.98. The normalized spacial score (nSPS) is 10.7. The van der Waals surface area contributed by atoms with Crippen molar-refractivity contribution in [2.24, 2.45) is 0 Å². The van der Waals surface area contributed by atoms with Gasteiger partial charge in [-0.1, -0.05) is 47.8 Å². The summed E-state index contributed by atoms with van der Waals surface area (Å²) < 4.78 is 0.898. The molecule has 19 heavy (non-hydrogen) atoms. The largest absolute Gasteiger partial charge is 0.334 e. The fraction of sp³-hybridized carbons (Fsp3) is 0.167. The number of aromatic nitrogens is 2. The first-order chi connectivity index (χ1) is 8.97. The number of rotatable bonds is 2. The van der Waals surface area contributed by atoms with Gasteiger partial charge in [-0.05, 0) is 18.6 Å². The second-order valence-electron chi connectivity index (χ2n) is 3.79. The Morgan fingerprint density at radius 1 is 1.16 bits per heavy atom. The van der Waals surface area contributed by atoms with Crippen molar-refractivity contribution < 1.29 is 0 Å². The van der Waals surface area contributed by atoms with Crippen LogP contribution in [-0.4, -0.2) is 9.55 Å². The maximum Gasteiger partial charge on any atom is 0.334 e. The third-order valence-electron chi connectivity index (χ3n) is 2.66. The number of halogens is 3. The van der Waals surface area contributed by atoms with Crippen LogP contribution in [0.3, 0.4) is 0 Å². The van der Waals surface area contributed by atoms with Crippen LogP contribution in [-0.2, 0) is 6.42 Å². The Morgan fingerprint density at radius 3 is 2.26 bits per heavy atom. The predicted molar refractivity (Wildman–Crippen MR) is 77.1 cm³/mol. The Labute approximate surface area is 123 Å². The Hall–Kier alpha value is -1.23. The molecule has 0 aliphatic heterocycles. The quantitative estimate of drug-likeness (QED) is 0.865. The highest BCUT2D eigenvalue weighted by molar-refractivity contribution is 6.37. The summed E-state index contributed by atoms with van der Waals surface area (Å²) in [6.45, 7) is 1.76. The molecule has 2 rings (SSSR count). The van der Waals surface area contributed by atoms with Crippen molar-refractivity contribution in [3.63, 3.8) is 0 Å². The smallest absolute Gasteiger partial charge is 0.297 e. The molecule has 0 bridgehead atoms. The Kier molecular flexibility index (Phi) is 4.04. The Balaban J connectivity index is 2.92. The molecule has 7 heteroatoms. The van der Waals surface area contributed by atoms with E-state index >= 15 is 0 Å². The summed E-state index contributed by atoms with van der Waals surface area (Å²) >= 11 is 17.9. The standard InChI is InChI=1S/C12H9Cl3N2O2/c1-2-6-10(15)16-12(19)17(11(6)18)9-7(13)4-3-5-8(9)14/h3-5H,2H2,1H3,(H,16,19). The molecule has 0 aliphatic rings. The summed E-state index contributed by atoms with van der Waals surface area (Å²) in [4.78, 5) is 26.6. The minimum atomic E-state index is -0.679. The molecule has 0 aliphatic carbocycles. The van der Waals surface area contributed by atoms with Gasteiger partial charge in [-0.3, -0.25) is 9.78 Å². The van der Waals surface area contributed by atoms with E-state index in [0.29, 0.717) is 12.0 Å². The second kappa shape index (κ2) is 5.41. The first kappa shape index (κ1) is 14.2. The minimum Gasteiger partial charge on any atom is -0.297 e. The van der Waals surface area contributed by atoms with Crippen LogP contribution >= 0.6 is 34.8 Å². The number of benzene rings is 1. The molecule has 0 amide bonds. The van der Waals surface area contributed by atoms with Crippen LogP contribution in [0, 0.1) is 0 Å². The summed E-state index contributed by atoms with van der Waals surface area (Å²) in [5.41, 5.74) is -0.742. The van der Waals surface area contributed by atoms with Crippen molar-refractivity contribution in [1.29, 1.82) is 0 Å². The monoisotopic (exact) mass is 318 g/mol. The lowest BCUT2D eigenvalue weighted by Gasteiger charge is -2.10. The molecular formula is C12H9Cl3N2O2. The van der Waals surface area contributed by atoms with Gasteiger partial charge in [0, 0.05) is 0 Å². The topological polar surface area (TPSA) is 54.9 Å². The zero-order valence-electron chi connectivity index (χ0n) is 9.84. The number of para-hydroxylation sites is 1. The summed E-state index contributed by atoms with van der Waals surface area (Å²) in [6.07, 6.45) is 0.385. The number of nitrogens with one attached hydrogen (secondary N) is 1. The van der Waals surface area contributed by atoms with Crippen molar-refractivity contribution in [2.75, 3.05) is 0 Å². The first-order valence-corrected chi connectivity index (χ1v) is 6.58. The van der Waals surface area contributed by atoms with Gasteiger partial charge in [0.25, 0.3) is 5.56 Å². The van der Waals surface area contributed by atoms with E-state index < -0.39 is 11.2 Å². The molecule has 0 radical (unpaired) electrons. The van der Waals surface area contributed by atoms with E-state index in [9.17, 15) is 9.59 Å². The fourth-order valence-electron chi connectivity index (χ4n) is 1.76. The van der Waals surface area contributed by atoms with Crippen molar-refractivity contribution >= 4 is 34.8 Å². The van der Waals surface area contributed by atoms with Crippen LogP contribution in [0.25, 0.3) is 5.69 Å². The van der Waals surface area contributed by atoms with Crippen molar-refractivity contribution in [3.05, 3.63) is 59.8 Å². The lowest BCUT2D eigenvalue weighted by atomic mass is 10.2. The number of nitrogens with zero attached hydrogens (tertiary/aromatic N) is 1. The highest BCUT2D eigenvalue weighted by Crippen LogP contribution is 2.26. The highest BCUT2D eigenvalue weighted by atomic mass is 35.5. The summed E-state index contributed by atoms with van der Waals surface area (Å²) in [5, 5.41) is 0.464. The first-order valence-electron chi connectivity index (χ1n) is 5.45. The molecule has 1 aromatic carbocycles. The summed E-state index contributed by atoms with van der Waals surface area (Å²) in [6, 6.07) is 4.73. The summed E-state index contributed by atoms with van der Waals surface area (Å²) in [5.74, 6) is 0. The van der Waals surface area contributed by atoms with E-state index in [1.807, 2.05) is 0 Å². The van der Waals surface area contributed by atoms with Gasteiger partial charge in [0.2, 0.25) is 0 Å². The maximum absolute atomic E-state index is 12.3. The van der Waals surface area contributed by atoms with E-state index in [0.717, 1.165) is 4.57 Å².